The normalized spacial score (nSPS) is 11.6. The Labute approximate surface area is 112 Å². The van der Waals surface area contributed by atoms with E-state index in [-0.39, 0.29) is 12.3 Å². The molecular formula is C14H18N2O3. The predicted octanol–water partition coefficient (Wildman–Crippen LogP) is 1.55. The molecule has 0 aromatic heterocycles. The summed E-state index contributed by atoms with van der Waals surface area (Å²) in [5.74, 6) is -1.09. The van der Waals surface area contributed by atoms with Gasteiger partial charge in [-0.05, 0) is 30.5 Å². The van der Waals surface area contributed by atoms with E-state index in [4.69, 9.17) is 10.8 Å². The van der Waals surface area contributed by atoms with E-state index in [2.05, 4.69) is 11.9 Å². The fraction of sp³-hybridized carbons (Fsp3) is 0.286. The molecule has 0 spiro atoms. The number of rotatable bonds is 7. The van der Waals surface area contributed by atoms with Crippen molar-refractivity contribution < 1.29 is 14.7 Å². The third-order valence-electron chi connectivity index (χ3n) is 2.61. The molecule has 4 N–H and O–H groups in total. The lowest BCUT2D eigenvalue weighted by molar-refractivity contribution is -0.137. The summed E-state index contributed by atoms with van der Waals surface area (Å²) in [7, 11) is 0. The first-order chi connectivity index (χ1) is 9.02. The molecule has 0 aliphatic heterocycles. The third-order valence-corrected chi connectivity index (χ3v) is 2.61. The van der Waals surface area contributed by atoms with Crippen LogP contribution in [-0.4, -0.2) is 23.0 Å². The Hall–Kier alpha value is -2.14. The van der Waals surface area contributed by atoms with Crippen LogP contribution in [0.3, 0.4) is 0 Å². The first-order valence-corrected chi connectivity index (χ1v) is 6.01. The summed E-state index contributed by atoms with van der Waals surface area (Å²) >= 11 is 0. The van der Waals surface area contributed by atoms with Gasteiger partial charge in [-0.2, -0.15) is 0 Å². The highest BCUT2D eigenvalue weighted by Crippen LogP contribution is 2.11. The van der Waals surface area contributed by atoms with Crippen LogP contribution in [0.25, 0.3) is 0 Å². The maximum Gasteiger partial charge on any atom is 0.303 e. The second kappa shape index (κ2) is 7.33. The van der Waals surface area contributed by atoms with E-state index in [1.54, 1.807) is 30.3 Å². The average molecular weight is 262 g/mol. The van der Waals surface area contributed by atoms with Gasteiger partial charge in [0.1, 0.15) is 0 Å². The van der Waals surface area contributed by atoms with Crippen molar-refractivity contribution in [1.82, 2.24) is 0 Å². The van der Waals surface area contributed by atoms with E-state index in [9.17, 15) is 9.59 Å². The number of carboxylic acid groups (broad SMARTS) is 1. The van der Waals surface area contributed by atoms with Gasteiger partial charge in [-0.25, -0.2) is 0 Å². The van der Waals surface area contributed by atoms with Gasteiger partial charge in [0, 0.05) is 12.1 Å². The minimum Gasteiger partial charge on any atom is -0.481 e. The number of aliphatic carboxylic acids is 1. The van der Waals surface area contributed by atoms with E-state index in [0.717, 1.165) is 5.56 Å². The van der Waals surface area contributed by atoms with Crippen LogP contribution in [0.5, 0.6) is 0 Å². The van der Waals surface area contributed by atoms with Crippen LogP contribution in [0.4, 0.5) is 5.69 Å². The van der Waals surface area contributed by atoms with Gasteiger partial charge in [0.2, 0.25) is 5.91 Å². The molecule has 0 aliphatic carbocycles. The smallest absolute Gasteiger partial charge is 0.303 e. The van der Waals surface area contributed by atoms with E-state index in [1.165, 1.54) is 0 Å². The monoisotopic (exact) mass is 262 g/mol. The zero-order valence-corrected chi connectivity index (χ0v) is 10.6. The largest absolute Gasteiger partial charge is 0.481 e. The number of carbonyl (C=O) groups is 2. The maximum absolute atomic E-state index is 11.6. The van der Waals surface area contributed by atoms with Crippen molar-refractivity contribution in [1.29, 1.82) is 0 Å². The van der Waals surface area contributed by atoms with Crippen LogP contribution in [0, 0.1) is 0 Å². The van der Waals surface area contributed by atoms with Gasteiger partial charge in [-0.15, -0.1) is 6.58 Å². The van der Waals surface area contributed by atoms with Crippen LogP contribution in [0.1, 0.15) is 18.4 Å². The number of aryl methyl sites for hydroxylation is 1. The van der Waals surface area contributed by atoms with Gasteiger partial charge < -0.3 is 16.2 Å². The Morgan fingerprint density at radius 3 is 2.53 bits per heavy atom. The van der Waals surface area contributed by atoms with E-state index < -0.39 is 12.0 Å². The summed E-state index contributed by atoms with van der Waals surface area (Å²) in [6.45, 7) is 3.53. The van der Waals surface area contributed by atoms with E-state index in [1.807, 2.05) is 0 Å². The molecule has 5 nitrogen and oxygen atoms in total. The van der Waals surface area contributed by atoms with Crippen molar-refractivity contribution >= 4 is 17.6 Å². The van der Waals surface area contributed by atoms with Gasteiger partial charge >= 0.3 is 5.97 Å². The highest BCUT2D eigenvalue weighted by molar-refractivity contribution is 5.94. The number of hydrogen-bond donors (Lipinski definition) is 3. The summed E-state index contributed by atoms with van der Waals surface area (Å²) in [5, 5.41) is 11.3. The lowest BCUT2D eigenvalue weighted by Gasteiger charge is -2.10. The first kappa shape index (κ1) is 14.9. The van der Waals surface area contributed by atoms with Gasteiger partial charge in [-0.3, -0.25) is 9.59 Å². The number of amides is 1. The van der Waals surface area contributed by atoms with Crippen molar-refractivity contribution in [3.63, 3.8) is 0 Å². The molecule has 1 unspecified atom stereocenters. The molecule has 19 heavy (non-hydrogen) atoms. The predicted molar refractivity (Wildman–Crippen MR) is 73.8 cm³/mol. The van der Waals surface area contributed by atoms with Gasteiger partial charge in [0.25, 0.3) is 0 Å². The van der Waals surface area contributed by atoms with Gasteiger partial charge in [-0.1, -0.05) is 18.2 Å². The Kier molecular flexibility index (Phi) is 5.75. The minimum absolute atomic E-state index is 0.0932. The molecule has 0 saturated heterocycles. The SMILES string of the molecule is C=CCC(N)C(=O)Nc1ccc(CCC(=O)O)cc1. The quantitative estimate of drug-likeness (QED) is 0.650. The van der Waals surface area contributed by atoms with Gasteiger partial charge in [0.05, 0.1) is 6.04 Å². The summed E-state index contributed by atoms with van der Waals surface area (Å²) in [6.07, 6.45) is 2.58. The van der Waals surface area contributed by atoms with Crippen LogP contribution in [0.2, 0.25) is 0 Å². The van der Waals surface area contributed by atoms with Crippen molar-refractivity contribution in [3.05, 3.63) is 42.5 Å². The minimum atomic E-state index is -0.826. The molecule has 0 bridgehead atoms. The standard InChI is InChI=1S/C14H18N2O3/c1-2-3-12(15)14(19)16-11-7-4-10(5-8-11)6-9-13(17)18/h2,4-5,7-8,12H,1,3,6,9,15H2,(H,16,19)(H,17,18). The molecule has 5 heteroatoms. The number of carboxylic acids is 1. The Bertz CT molecular complexity index is 454. The summed E-state index contributed by atoms with van der Waals surface area (Å²) in [4.78, 5) is 22.1. The Morgan fingerprint density at radius 1 is 1.37 bits per heavy atom. The fourth-order valence-corrected chi connectivity index (χ4v) is 1.53. The van der Waals surface area contributed by atoms with Crippen LogP contribution in [-0.2, 0) is 16.0 Å². The van der Waals surface area contributed by atoms with Crippen molar-refractivity contribution in [2.45, 2.75) is 25.3 Å². The molecule has 1 rings (SSSR count). The number of hydrogen-bond acceptors (Lipinski definition) is 3. The van der Waals surface area contributed by atoms with Gasteiger partial charge in [0.15, 0.2) is 0 Å². The molecule has 0 radical (unpaired) electrons. The molecular weight excluding hydrogens is 244 g/mol. The summed E-state index contributed by atoms with van der Waals surface area (Å²) in [6, 6.07) is 6.44. The molecule has 1 aromatic carbocycles. The molecule has 0 aliphatic rings. The topological polar surface area (TPSA) is 92.4 Å². The lowest BCUT2D eigenvalue weighted by Crippen LogP contribution is -2.35. The van der Waals surface area contributed by atoms with Crippen LogP contribution in [0.15, 0.2) is 36.9 Å². The Balaban J connectivity index is 2.54. The molecule has 1 amide bonds. The van der Waals surface area contributed by atoms with Crippen molar-refractivity contribution in [2.24, 2.45) is 5.73 Å². The number of nitrogens with two attached hydrogens (primary N) is 1. The second-order valence-corrected chi connectivity index (χ2v) is 4.21. The second-order valence-electron chi connectivity index (χ2n) is 4.21. The lowest BCUT2D eigenvalue weighted by atomic mass is 10.1. The van der Waals surface area contributed by atoms with E-state index in [0.29, 0.717) is 18.5 Å². The molecule has 0 heterocycles. The maximum atomic E-state index is 11.6. The van der Waals surface area contributed by atoms with Crippen LogP contribution < -0.4 is 11.1 Å². The molecule has 0 saturated carbocycles. The number of carbonyl (C=O) groups excluding carboxylic acids is 1. The zero-order valence-electron chi connectivity index (χ0n) is 10.6. The van der Waals surface area contributed by atoms with E-state index >= 15 is 0 Å². The highest BCUT2D eigenvalue weighted by atomic mass is 16.4. The van der Waals surface area contributed by atoms with Crippen molar-refractivity contribution in [2.75, 3.05) is 5.32 Å². The molecule has 1 aromatic rings. The summed E-state index contributed by atoms with van der Waals surface area (Å²) in [5.41, 5.74) is 7.19. The fourth-order valence-electron chi connectivity index (χ4n) is 1.53. The average Bonchev–Trinajstić information content (AvgIpc) is 2.38. The highest BCUT2D eigenvalue weighted by Gasteiger charge is 2.11. The Morgan fingerprint density at radius 2 is 2.00 bits per heavy atom. The molecule has 1 atom stereocenters. The van der Waals surface area contributed by atoms with Crippen molar-refractivity contribution in [3.8, 4) is 0 Å². The first-order valence-electron chi connectivity index (χ1n) is 6.01. The number of benzene rings is 1. The third kappa shape index (κ3) is 5.35. The zero-order chi connectivity index (χ0) is 14.3. The molecule has 0 fully saturated rings. The number of anilines is 1. The molecule has 102 valence electrons. The van der Waals surface area contributed by atoms with Crippen LogP contribution >= 0.6 is 0 Å². The summed E-state index contributed by atoms with van der Waals surface area (Å²) < 4.78 is 0. The number of nitrogens with one attached hydrogen (secondary N) is 1.